The summed E-state index contributed by atoms with van der Waals surface area (Å²) in [5.41, 5.74) is 5.78. The van der Waals surface area contributed by atoms with Crippen LogP contribution < -0.4 is 5.73 Å². The van der Waals surface area contributed by atoms with Crippen LogP contribution in [0, 0.1) is 17.8 Å². The lowest BCUT2D eigenvalue weighted by molar-refractivity contribution is -0.144. The van der Waals surface area contributed by atoms with Crippen LogP contribution in [0.1, 0.15) is 19.3 Å². The van der Waals surface area contributed by atoms with Gasteiger partial charge in [0, 0.05) is 6.04 Å². The van der Waals surface area contributed by atoms with Gasteiger partial charge >= 0.3 is 5.97 Å². The second kappa shape index (κ2) is 3.03. The number of rotatable bonds is 1. The van der Waals surface area contributed by atoms with E-state index in [1.165, 1.54) is 0 Å². The largest absolute Gasteiger partial charge is 0.481 e. The number of nitrogens with two attached hydrogens (primary N) is 1. The minimum Gasteiger partial charge on any atom is -0.481 e. The average Bonchev–Trinajstić information content (AvgIpc) is 2.44. The standard InChI is InChI=1S/C8H13NO2.H2O/c9-7-5-2-1-4(3-5)6(7)8(10)11;/h4-7H,1-3,9H2,(H,10,11);1H2/t4-,5+,6-,7+;/m0./s1. The molecule has 0 spiro atoms. The van der Waals surface area contributed by atoms with E-state index in [1.54, 1.807) is 0 Å². The van der Waals surface area contributed by atoms with Crippen LogP contribution in [-0.2, 0) is 4.79 Å². The molecule has 2 rings (SSSR count). The molecule has 0 amide bonds. The van der Waals surface area contributed by atoms with Crippen molar-refractivity contribution in [1.82, 2.24) is 0 Å². The molecule has 4 nitrogen and oxygen atoms in total. The lowest BCUT2D eigenvalue weighted by atomic mass is 9.85. The zero-order valence-electron chi connectivity index (χ0n) is 6.86. The van der Waals surface area contributed by atoms with E-state index in [9.17, 15) is 4.79 Å². The molecule has 2 aliphatic carbocycles. The van der Waals surface area contributed by atoms with Crippen LogP contribution in [0.2, 0.25) is 0 Å². The number of aliphatic carboxylic acids is 1. The Morgan fingerprint density at radius 1 is 1.33 bits per heavy atom. The molecule has 2 aliphatic rings. The van der Waals surface area contributed by atoms with Crippen LogP contribution >= 0.6 is 0 Å². The smallest absolute Gasteiger partial charge is 0.308 e. The summed E-state index contributed by atoms with van der Waals surface area (Å²) in [7, 11) is 0. The molecule has 0 saturated heterocycles. The molecular weight excluding hydrogens is 158 g/mol. The lowest BCUT2D eigenvalue weighted by Gasteiger charge is -2.23. The summed E-state index contributed by atoms with van der Waals surface area (Å²) in [4.78, 5) is 10.7. The second-order valence-electron chi connectivity index (χ2n) is 3.77. The number of carbonyl (C=O) groups is 1. The summed E-state index contributed by atoms with van der Waals surface area (Å²) >= 11 is 0. The Labute approximate surface area is 71.1 Å². The maximum absolute atomic E-state index is 10.7. The van der Waals surface area contributed by atoms with Crippen molar-refractivity contribution in [3.8, 4) is 0 Å². The van der Waals surface area contributed by atoms with Crippen LogP contribution in [0.5, 0.6) is 0 Å². The zero-order chi connectivity index (χ0) is 8.01. The lowest BCUT2D eigenvalue weighted by Crippen LogP contribution is -2.40. The first kappa shape index (κ1) is 9.48. The van der Waals surface area contributed by atoms with Gasteiger partial charge in [0.05, 0.1) is 5.92 Å². The quantitative estimate of drug-likeness (QED) is 0.565. The van der Waals surface area contributed by atoms with Gasteiger partial charge in [0.25, 0.3) is 0 Å². The highest BCUT2D eigenvalue weighted by Gasteiger charge is 2.49. The van der Waals surface area contributed by atoms with E-state index in [1.807, 2.05) is 0 Å². The third-order valence-corrected chi connectivity index (χ3v) is 3.27. The molecular formula is C8H15NO3. The van der Waals surface area contributed by atoms with E-state index in [4.69, 9.17) is 10.8 Å². The van der Waals surface area contributed by atoms with E-state index < -0.39 is 5.97 Å². The molecule has 0 aromatic heterocycles. The number of carboxylic acids is 1. The third-order valence-electron chi connectivity index (χ3n) is 3.27. The van der Waals surface area contributed by atoms with Gasteiger partial charge in [-0.15, -0.1) is 0 Å². The molecule has 0 aromatic rings. The van der Waals surface area contributed by atoms with Gasteiger partial charge in [-0.25, -0.2) is 0 Å². The topological polar surface area (TPSA) is 94.8 Å². The van der Waals surface area contributed by atoms with Crippen molar-refractivity contribution in [2.45, 2.75) is 25.3 Å². The number of carboxylic acid groups (broad SMARTS) is 1. The normalized spacial score (nSPS) is 44.1. The summed E-state index contributed by atoms with van der Waals surface area (Å²) in [6.07, 6.45) is 3.28. The number of hydrogen-bond donors (Lipinski definition) is 2. The minimum absolute atomic E-state index is 0. The van der Waals surface area contributed by atoms with E-state index >= 15 is 0 Å². The Bertz CT molecular complexity index is 193. The molecule has 5 N–H and O–H groups in total. The highest BCUT2D eigenvalue weighted by molar-refractivity contribution is 5.72. The van der Waals surface area contributed by atoms with E-state index in [0.717, 1.165) is 19.3 Å². The minimum atomic E-state index is -0.690. The van der Waals surface area contributed by atoms with Gasteiger partial charge in [0.1, 0.15) is 0 Å². The molecule has 0 aromatic carbocycles. The fraction of sp³-hybridized carbons (Fsp3) is 0.875. The van der Waals surface area contributed by atoms with Crippen molar-refractivity contribution >= 4 is 5.97 Å². The first-order valence-electron chi connectivity index (χ1n) is 4.18. The molecule has 2 saturated carbocycles. The van der Waals surface area contributed by atoms with E-state index in [0.29, 0.717) is 11.8 Å². The van der Waals surface area contributed by atoms with Crippen molar-refractivity contribution in [3.05, 3.63) is 0 Å². The molecule has 0 aliphatic heterocycles. The predicted molar refractivity (Wildman–Crippen MR) is 43.5 cm³/mol. The van der Waals surface area contributed by atoms with Crippen LogP contribution in [0.15, 0.2) is 0 Å². The average molecular weight is 173 g/mol. The SMILES string of the molecule is N[C@@H]1[C@@H]2CC[C@@H](C2)[C@@H]1C(=O)O.O. The molecule has 0 heterocycles. The van der Waals surface area contributed by atoms with E-state index in [-0.39, 0.29) is 17.4 Å². The molecule has 2 bridgehead atoms. The molecule has 0 unspecified atom stereocenters. The molecule has 4 heteroatoms. The van der Waals surface area contributed by atoms with Gasteiger partial charge in [0.2, 0.25) is 0 Å². The molecule has 0 radical (unpaired) electrons. The third kappa shape index (κ3) is 1.11. The monoisotopic (exact) mass is 173 g/mol. The van der Waals surface area contributed by atoms with Crippen molar-refractivity contribution < 1.29 is 15.4 Å². The van der Waals surface area contributed by atoms with Crippen molar-refractivity contribution in [2.24, 2.45) is 23.5 Å². The van der Waals surface area contributed by atoms with Gasteiger partial charge in [0.15, 0.2) is 0 Å². The summed E-state index contributed by atoms with van der Waals surface area (Å²) in [6, 6.07) is -0.0637. The Morgan fingerprint density at radius 3 is 2.25 bits per heavy atom. The van der Waals surface area contributed by atoms with Gasteiger partial charge in [-0.05, 0) is 31.1 Å². The van der Waals surface area contributed by atoms with Gasteiger partial charge in [-0.2, -0.15) is 0 Å². The Hall–Kier alpha value is -0.610. The zero-order valence-corrected chi connectivity index (χ0v) is 6.86. The van der Waals surface area contributed by atoms with Crippen molar-refractivity contribution in [1.29, 1.82) is 0 Å². The summed E-state index contributed by atoms with van der Waals surface area (Å²) < 4.78 is 0. The first-order valence-corrected chi connectivity index (χ1v) is 4.18. The Balaban J connectivity index is 0.000000720. The molecule has 2 fully saturated rings. The van der Waals surface area contributed by atoms with Crippen LogP contribution in [0.4, 0.5) is 0 Å². The van der Waals surface area contributed by atoms with Gasteiger partial charge < -0.3 is 16.3 Å². The maximum atomic E-state index is 10.7. The Morgan fingerprint density at radius 2 is 1.92 bits per heavy atom. The highest BCUT2D eigenvalue weighted by Crippen LogP contribution is 2.47. The van der Waals surface area contributed by atoms with E-state index in [2.05, 4.69) is 0 Å². The van der Waals surface area contributed by atoms with Gasteiger partial charge in [-0.1, -0.05) is 0 Å². The second-order valence-corrected chi connectivity index (χ2v) is 3.77. The summed E-state index contributed by atoms with van der Waals surface area (Å²) in [5.74, 6) is -0.0490. The Kier molecular flexibility index (Phi) is 2.39. The van der Waals surface area contributed by atoms with Gasteiger partial charge in [-0.3, -0.25) is 4.79 Å². The first-order chi connectivity index (χ1) is 5.20. The number of hydrogen-bond acceptors (Lipinski definition) is 2. The van der Waals surface area contributed by atoms with Crippen LogP contribution in [0.3, 0.4) is 0 Å². The fourth-order valence-electron chi connectivity index (χ4n) is 2.70. The van der Waals surface area contributed by atoms with Crippen molar-refractivity contribution in [3.63, 3.8) is 0 Å². The summed E-state index contributed by atoms with van der Waals surface area (Å²) in [5, 5.41) is 8.83. The maximum Gasteiger partial charge on any atom is 0.308 e. The van der Waals surface area contributed by atoms with Crippen LogP contribution in [-0.4, -0.2) is 22.6 Å². The molecule has 70 valence electrons. The predicted octanol–water partition coefficient (Wildman–Crippen LogP) is -0.380. The molecule has 12 heavy (non-hydrogen) atoms. The molecule has 4 atom stereocenters. The number of fused-ring (bicyclic) bond motifs is 2. The highest BCUT2D eigenvalue weighted by atomic mass is 16.4. The van der Waals surface area contributed by atoms with Crippen molar-refractivity contribution in [2.75, 3.05) is 0 Å². The summed E-state index contributed by atoms with van der Waals surface area (Å²) in [6.45, 7) is 0. The fourth-order valence-corrected chi connectivity index (χ4v) is 2.70. The van der Waals surface area contributed by atoms with Crippen LogP contribution in [0.25, 0.3) is 0 Å².